The molecule has 0 atom stereocenters. The first kappa shape index (κ1) is 18.9. The fraction of sp³-hybridized carbons (Fsp3) is 0.316. The van der Waals surface area contributed by atoms with Crippen molar-refractivity contribution < 1.29 is 4.74 Å². The van der Waals surface area contributed by atoms with E-state index in [2.05, 4.69) is 26.9 Å². The quantitative estimate of drug-likeness (QED) is 0.657. The van der Waals surface area contributed by atoms with Crippen molar-refractivity contribution in [3.63, 3.8) is 0 Å². The minimum absolute atomic E-state index is 0.512. The molecule has 2 heterocycles. The summed E-state index contributed by atoms with van der Waals surface area (Å²) in [7, 11) is 3.57. The van der Waals surface area contributed by atoms with Crippen LogP contribution in [0.1, 0.15) is 22.6 Å². The third-order valence-electron chi connectivity index (χ3n) is 4.57. The van der Waals surface area contributed by atoms with Gasteiger partial charge in [-0.1, -0.05) is 12.1 Å². The van der Waals surface area contributed by atoms with Crippen LogP contribution < -0.4 is 15.4 Å². The molecule has 0 spiro atoms. The van der Waals surface area contributed by atoms with Gasteiger partial charge >= 0.3 is 0 Å². The Balaban J connectivity index is 1.75. The molecule has 0 radical (unpaired) electrons. The van der Waals surface area contributed by atoms with Gasteiger partial charge in [0.05, 0.1) is 48.3 Å². The van der Waals surface area contributed by atoms with Crippen molar-refractivity contribution in [2.75, 3.05) is 17.7 Å². The second kappa shape index (κ2) is 7.79. The summed E-state index contributed by atoms with van der Waals surface area (Å²) in [6, 6.07) is 7.99. The summed E-state index contributed by atoms with van der Waals surface area (Å²) in [5, 5.41) is 15.8. The van der Waals surface area contributed by atoms with Crippen LogP contribution >= 0.6 is 12.2 Å². The summed E-state index contributed by atoms with van der Waals surface area (Å²) in [6.45, 7) is 6.64. The van der Waals surface area contributed by atoms with Crippen molar-refractivity contribution in [3.05, 3.63) is 53.1 Å². The molecule has 0 fully saturated rings. The van der Waals surface area contributed by atoms with Crippen molar-refractivity contribution in [2.45, 2.75) is 27.3 Å². The van der Waals surface area contributed by atoms with Crippen LogP contribution in [0.5, 0.6) is 5.75 Å². The van der Waals surface area contributed by atoms with Crippen molar-refractivity contribution in [3.8, 4) is 5.75 Å². The van der Waals surface area contributed by atoms with Gasteiger partial charge in [-0.05, 0) is 50.7 Å². The van der Waals surface area contributed by atoms with Gasteiger partial charge in [0, 0.05) is 7.05 Å². The van der Waals surface area contributed by atoms with E-state index in [1.54, 1.807) is 18.0 Å². The maximum Gasteiger partial charge on any atom is 0.175 e. The van der Waals surface area contributed by atoms with Crippen LogP contribution in [0.4, 0.5) is 11.4 Å². The number of anilines is 2. The minimum atomic E-state index is 0.512. The number of ether oxygens (including phenoxy) is 1. The molecule has 8 heteroatoms. The second-order valence-electron chi connectivity index (χ2n) is 6.40. The molecule has 0 aliphatic rings. The summed E-state index contributed by atoms with van der Waals surface area (Å²) in [6.07, 6.45) is 1.76. The van der Waals surface area contributed by atoms with Gasteiger partial charge in [-0.15, -0.1) is 0 Å². The predicted octanol–water partition coefficient (Wildman–Crippen LogP) is 3.41. The largest absolute Gasteiger partial charge is 0.497 e. The molecule has 0 bridgehead atoms. The SMILES string of the molecule is COc1cccc(Cn2nc(C)c(NC(=S)Nc3cnn(C)c3C)c2C)c1. The minimum Gasteiger partial charge on any atom is -0.497 e. The van der Waals surface area contributed by atoms with E-state index < -0.39 is 0 Å². The zero-order valence-electron chi connectivity index (χ0n) is 16.2. The molecule has 2 N–H and O–H groups in total. The van der Waals surface area contributed by atoms with Gasteiger partial charge in [-0.2, -0.15) is 10.2 Å². The van der Waals surface area contributed by atoms with Crippen molar-refractivity contribution in [1.29, 1.82) is 0 Å². The number of hydrogen-bond donors (Lipinski definition) is 2. The van der Waals surface area contributed by atoms with Gasteiger partial charge in [0.25, 0.3) is 0 Å². The molecule has 3 rings (SSSR count). The van der Waals surface area contributed by atoms with E-state index in [9.17, 15) is 0 Å². The highest BCUT2D eigenvalue weighted by atomic mass is 32.1. The third kappa shape index (κ3) is 4.11. The average molecular weight is 385 g/mol. The highest BCUT2D eigenvalue weighted by Crippen LogP contribution is 2.22. The van der Waals surface area contributed by atoms with E-state index in [1.165, 1.54) is 0 Å². The molecular formula is C19H24N6OS. The molecule has 0 saturated heterocycles. The molecule has 1 aromatic carbocycles. The number of hydrogen-bond acceptors (Lipinski definition) is 4. The number of aryl methyl sites for hydroxylation is 2. The molecule has 7 nitrogen and oxygen atoms in total. The highest BCUT2D eigenvalue weighted by Gasteiger charge is 2.14. The van der Waals surface area contributed by atoms with E-state index in [1.807, 2.05) is 50.7 Å². The summed E-state index contributed by atoms with van der Waals surface area (Å²) >= 11 is 5.47. The van der Waals surface area contributed by atoms with E-state index in [4.69, 9.17) is 17.0 Å². The summed E-state index contributed by atoms with van der Waals surface area (Å²) in [5.41, 5.74) is 5.84. The number of methoxy groups -OCH3 is 1. The van der Waals surface area contributed by atoms with Crippen LogP contribution in [0.25, 0.3) is 0 Å². The van der Waals surface area contributed by atoms with Crippen LogP contribution in [-0.4, -0.2) is 31.8 Å². The van der Waals surface area contributed by atoms with Crippen molar-refractivity contribution in [2.24, 2.45) is 7.05 Å². The number of rotatable bonds is 5. The Bertz CT molecular complexity index is 975. The summed E-state index contributed by atoms with van der Waals surface area (Å²) in [4.78, 5) is 0. The maximum absolute atomic E-state index is 5.47. The van der Waals surface area contributed by atoms with Crippen LogP contribution in [-0.2, 0) is 13.6 Å². The van der Waals surface area contributed by atoms with Crippen molar-refractivity contribution in [1.82, 2.24) is 19.6 Å². The van der Waals surface area contributed by atoms with Crippen LogP contribution in [0, 0.1) is 20.8 Å². The number of thiocarbonyl (C=S) groups is 1. The van der Waals surface area contributed by atoms with Gasteiger partial charge in [0.2, 0.25) is 0 Å². The summed E-state index contributed by atoms with van der Waals surface area (Å²) in [5.74, 6) is 0.838. The predicted molar refractivity (Wildman–Crippen MR) is 112 cm³/mol. The topological polar surface area (TPSA) is 68.9 Å². The van der Waals surface area contributed by atoms with Gasteiger partial charge in [0.15, 0.2) is 5.11 Å². The molecule has 0 unspecified atom stereocenters. The molecule has 3 aromatic rings. The fourth-order valence-corrected chi connectivity index (χ4v) is 3.08. The highest BCUT2D eigenvalue weighted by molar-refractivity contribution is 7.80. The monoisotopic (exact) mass is 384 g/mol. The molecule has 0 aliphatic heterocycles. The first-order valence-corrected chi connectivity index (χ1v) is 9.03. The lowest BCUT2D eigenvalue weighted by molar-refractivity contribution is 0.414. The Labute approximate surface area is 164 Å². The second-order valence-corrected chi connectivity index (χ2v) is 6.81. The molecule has 0 aliphatic carbocycles. The number of nitrogens with one attached hydrogen (secondary N) is 2. The van der Waals surface area contributed by atoms with Crippen LogP contribution in [0.3, 0.4) is 0 Å². The molecule has 2 aromatic heterocycles. The maximum atomic E-state index is 5.47. The van der Waals surface area contributed by atoms with Crippen LogP contribution in [0.2, 0.25) is 0 Å². The van der Waals surface area contributed by atoms with E-state index in [-0.39, 0.29) is 0 Å². The molecule has 0 amide bonds. The Hall–Kier alpha value is -2.87. The molecule has 27 heavy (non-hydrogen) atoms. The Morgan fingerprint density at radius 2 is 1.96 bits per heavy atom. The zero-order chi connectivity index (χ0) is 19.6. The zero-order valence-corrected chi connectivity index (χ0v) is 17.0. The number of aromatic nitrogens is 4. The van der Waals surface area contributed by atoms with E-state index >= 15 is 0 Å². The standard InChI is InChI=1S/C19H24N6OS/c1-12-18(22-19(27)21-17-10-20-24(4)13(17)2)14(3)25(23-12)11-15-7-6-8-16(9-15)26-5/h6-10H,11H2,1-5H3,(H2,21,22,27). The fourth-order valence-electron chi connectivity index (χ4n) is 2.86. The molecular weight excluding hydrogens is 360 g/mol. The van der Waals surface area contributed by atoms with Gasteiger partial charge in [-0.3, -0.25) is 9.36 Å². The third-order valence-corrected chi connectivity index (χ3v) is 4.77. The summed E-state index contributed by atoms with van der Waals surface area (Å²) < 4.78 is 9.06. The Morgan fingerprint density at radius 3 is 2.63 bits per heavy atom. The van der Waals surface area contributed by atoms with Gasteiger partial charge < -0.3 is 15.4 Å². The van der Waals surface area contributed by atoms with Gasteiger partial charge in [0.1, 0.15) is 5.75 Å². The van der Waals surface area contributed by atoms with Gasteiger partial charge in [-0.25, -0.2) is 0 Å². The van der Waals surface area contributed by atoms with Crippen molar-refractivity contribution >= 4 is 28.7 Å². The lowest BCUT2D eigenvalue weighted by Gasteiger charge is -2.11. The lowest BCUT2D eigenvalue weighted by Crippen LogP contribution is -2.20. The normalized spacial score (nSPS) is 10.7. The number of benzene rings is 1. The molecule has 142 valence electrons. The first-order chi connectivity index (χ1) is 12.9. The number of nitrogens with zero attached hydrogens (tertiary/aromatic N) is 4. The van der Waals surface area contributed by atoms with Crippen LogP contribution in [0.15, 0.2) is 30.5 Å². The smallest absolute Gasteiger partial charge is 0.175 e. The Morgan fingerprint density at radius 1 is 1.19 bits per heavy atom. The Kier molecular flexibility index (Phi) is 5.46. The van der Waals surface area contributed by atoms with E-state index in [0.29, 0.717) is 11.7 Å². The average Bonchev–Trinajstić information content (AvgIpc) is 3.09. The molecule has 0 saturated carbocycles. The van der Waals surface area contributed by atoms with E-state index in [0.717, 1.165) is 39.8 Å². The first-order valence-electron chi connectivity index (χ1n) is 8.62. The lowest BCUT2D eigenvalue weighted by atomic mass is 10.2.